The van der Waals surface area contributed by atoms with Crippen molar-refractivity contribution in [3.63, 3.8) is 0 Å². The molecule has 0 aliphatic heterocycles. The number of imidazole rings is 1. The van der Waals surface area contributed by atoms with Crippen LogP contribution >= 0.6 is 0 Å². The molecule has 1 aromatic heterocycles. The van der Waals surface area contributed by atoms with Gasteiger partial charge in [-0.05, 0) is 59.8 Å². The third-order valence-electron chi connectivity index (χ3n) is 4.84. The Labute approximate surface area is 168 Å². The van der Waals surface area contributed by atoms with Crippen LogP contribution in [0.4, 0.5) is 0 Å². The number of nitrogens with zero attached hydrogens (tertiary/aromatic N) is 1. The van der Waals surface area contributed by atoms with Crippen molar-refractivity contribution in [1.82, 2.24) is 15.3 Å². The van der Waals surface area contributed by atoms with Gasteiger partial charge in [0.1, 0.15) is 0 Å². The van der Waals surface area contributed by atoms with Gasteiger partial charge in [-0.1, -0.05) is 42.5 Å². The lowest BCUT2D eigenvalue weighted by Crippen LogP contribution is -2.10. The van der Waals surface area contributed by atoms with Gasteiger partial charge in [0.25, 0.3) is 0 Å². The average molecular weight is 382 g/mol. The van der Waals surface area contributed by atoms with Crippen molar-refractivity contribution in [3.05, 3.63) is 100 Å². The van der Waals surface area contributed by atoms with E-state index in [1.807, 2.05) is 31.2 Å². The summed E-state index contributed by atoms with van der Waals surface area (Å²) in [6.45, 7) is 6.33. The average Bonchev–Trinajstić information content (AvgIpc) is 3.11. The van der Waals surface area contributed by atoms with Crippen molar-refractivity contribution >= 4 is 34.1 Å². The van der Waals surface area contributed by atoms with Crippen molar-refractivity contribution in [2.24, 2.45) is 4.99 Å². The van der Waals surface area contributed by atoms with Gasteiger partial charge >= 0.3 is 5.69 Å². The summed E-state index contributed by atoms with van der Waals surface area (Å²) in [5.41, 5.74) is 5.41. The van der Waals surface area contributed by atoms with Crippen LogP contribution in [0.2, 0.25) is 0 Å². The monoisotopic (exact) mass is 382 g/mol. The van der Waals surface area contributed by atoms with E-state index in [4.69, 9.17) is 0 Å². The standard InChI is InChI=1S/C24H22N4O/c1-16(26-14-17-7-8-18-5-3-4-6-19(18)12-17)11-21(15-25-2)20-9-10-22-23(13-20)28-24(29)27-22/h3-13,15,26H,2,14H2,1H3,(H2,27,28,29)/b16-11+,21-15+. The Kier molecular flexibility index (Phi) is 5.12. The summed E-state index contributed by atoms with van der Waals surface area (Å²) in [6.07, 6.45) is 3.74. The highest BCUT2D eigenvalue weighted by atomic mass is 16.1. The van der Waals surface area contributed by atoms with E-state index in [1.165, 1.54) is 16.3 Å². The molecule has 0 bridgehead atoms. The highest BCUT2D eigenvalue weighted by Crippen LogP contribution is 2.21. The predicted octanol–water partition coefficient (Wildman–Crippen LogP) is 4.74. The summed E-state index contributed by atoms with van der Waals surface area (Å²) in [7, 11) is 0. The second-order valence-corrected chi connectivity index (χ2v) is 6.97. The first-order valence-electron chi connectivity index (χ1n) is 9.41. The summed E-state index contributed by atoms with van der Waals surface area (Å²) in [6, 6.07) is 20.6. The van der Waals surface area contributed by atoms with E-state index in [0.29, 0.717) is 0 Å². The molecule has 3 aromatic carbocycles. The molecule has 5 nitrogen and oxygen atoms in total. The Balaban J connectivity index is 1.54. The largest absolute Gasteiger partial charge is 0.384 e. The zero-order valence-electron chi connectivity index (χ0n) is 16.2. The minimum absolute atomic E-state index is 0.215. The van der Waals surface area contributed by atoms with Crippen LogP contribution in [0.3, 0.4) is 0 Å². The van der Waals surface area contributed by atoms with Gasteiger partial charge in [-0.25, -0.2) is 4.79 Å². The van der Waals surface area contributed by atoms with Gasteiger partial charge in [-0.2, -0.15) is 0 Å². The highest BCUT2D eigenvalue weighted by Gasteiger charge is 2.04. The molecule has 0 fully saturated rings. The van der Waals surface area contributed by atoms with Crippen LogP contribution in [0.1, 0.15) is 18.1 Å². The van der Waals surface area contributed by atoms with Crippen LogP contribution in [0, 0.1) is 0 Å². The van der Waals surface area contributed by atoms with Gasteiger partial charge in [-0.3, -0.25) is 4.99 Å². The fourth-order valence-corrected chi connectivity index (χ4v) is 3.38. The highest BCUT2D eigenvalue weighted by molar-refractivity contribution is 5.84. The fraction of sp³-hybridized carbons (Fsp3) is 0.0833. The van der Waals surface area contributed by atoms with Crippen LogP contribution in [-0.4, -0.2) is 16.7 Å². The van der Waals surface area contributed by atoms with E-state index in [-0.39, 0.29) is 5.69 Å². The summed E-state index contributed by atoms with van der Waals surface area (Å²) in [4.78, 5) is 21.0. The van der Waals surface area contributed by atoms with Crippen LogP contribution in [0.5, 0.6) is 0 Å². The molecule has 0 amide bonds. The Morgan fingerprint density at radius 1 is 1.03 bits per heavy atom. The minimum Gasteiger partial charge on any atom is -0.384 e. The molecule has 29 heavy (non-hydrogen) atoms. The van der Waals surface area contributed by atoms with E-state index < -0.39 is 0 Å². The lowest BCUT2D eigenvalue weighted by atomic mass is 10.0. The Morgan fingerprint density at radius 3 is 2.66 bits per heavy atom. The Bertz CT molecular complexity index is 1310. The summed E-state index contributed by atoms with van der Waals surface area (Å²) < 4.78 is 0. The molecule has 0 unspecified atom stereocenters. The van der Waals surface area contributed by atoms with Gasteiger partial charge in [0.15, 0.2) is 0 Å². The fourth-order valence-electron chi connectivity index (χ4n) is 3.38. The van der Waals surface area contributed by atoms with E-state index in [2.05, 4.69) is 69.5 Å². The van der Waals surface area contributed by atoms with Crippen molar-refractivity contribution in [2.45, 2.75) is 13.5 Å². The molecule has 0 aliphatic rings. The predicted molar refractivity (Wildman–Crippen MR) is 121 cm³/mol. The second-order valence-electron chi connectivity index (χ2n) is 6.97. The second kappa shape index (κ2) is 8.02. The zero-order valence-corrected chi connectivity index (χ0v) is 16.2. The number of fused-ring (bicyclic) bond motifs is 2. The van der Waals surface area contributed by atoms with Crippen LogP contribution in [-0.2, 0) is 6.54 Å². The van der Waals surface area contributed by atoms with Gasteiger partial charge < -0.3 is 15.3 Å². The SMILES string of the molecule is C=N/C=C(\C=C(/C)NCc1ccc2ccccc2c1)c1ccc2[nH]c(=O)[nH]c2c1. The van der Waals surface area contributed by atoms with Crippen molar-refractivity contribution in [1.29, 1.82) is 0 Å². The maximum absolute atomic E-state index is 11.5. The number of aliphatic imine (C=N–C) groups is 1. The molecule has 0 saturated carbocycles. The topological polar surface area (TPSA) is 73.0 Å². The van der Waals surface area contributed by atoms with Crippen LogP contribution < -0.4 is 11.0 Å². The minimum atomic E-state index is -0.215. The number of aromatic nitrogens is 2. The lowest BCUT2D eigenvalue weighted by molar-refractivity contribution is 0.813. The molecule has 0 saturated heterocycles. The van der Waals surface area contributed by atoms with Gasteiger partial charge in [-0.15, -0.1) is 0 Å². The Hall–Kier alpha value is -3.86. The van der Waals surface area contributed by atoms with Crippen LogP contribution in [0.15, 0.2) is 88.4 Å². The number of hydrogen-bond donors (Lipinski definition) is 3. The lowest BCUT2D eigenvalue weighted by Gasteiger charge is -2.10. The van der Waals surface area contributed by atoms with Crippen molar-refractivity contribution in [3.8, 4) is 0 Å². The molecule has 4 rings (SSSR count). The third-order valence-corrected chi connectivity index (χ3v) is 4.84. The molecule has 4 aromatic rings. The molecule has 0 atom stereocenters. The van der Waals surface area contributed by atoms with Gasteiger partial charge in [0, 0.05) is 24.0 Å². The van der Waals surface area contributed by atoms with E-state index in [0.717, 1.165) is 34.4 Å². The smallest absolute Gasteiger partial charge is 0.323 e. The molecular formula is C24H22N4O. The summed E-state index contributed by atoms with van der Waals surface area (Å²) >= 11 is 0. The zero-order chi connectivity index (χ0) is 20.2. The normalized spacial score (nSPS) is 12.4. The maximum Gasteiger partial charge on any atom is 0.323 e. The first-order valence-corrected chi connectivity index (χ1v) is 9.41. The molecule has 144 valence electrons. The summed E-state index contributed by atoms with van der Waals surface area (Å²) in [5, 5.41) is 5.93. The molecule has 5 heteroatoms. The maximum atomic E-state index is 11.5. The summed E-state index contributed by atoms with van der Waals surface area (Å²) in [5.74, 6) is 0. The van der Waals surface area contributed by atoms with Gasteiger partial charge in [0.2, 0.25) is 0 Å². The van der Waals surface area contributed by atoms with Gasteiger partial charge in [0.05, 0.1) is 11.0 Å². The van der Waals surface area contributed by atoms with Crippen LogP contribution in [0.25, 0.3) is 27.4 Å². The third kappa shape index (κ3) is 4.19. The number of hydrogen-bond acceptors (Lipinski definition) is 3. The first kappa shape index (κ1) is 18.5. The van der Waals surface area contributed by atoms with E-state index >= 15 is 0 Å². The number of nitrogens with one attached hydrogen (secondary N) is 3. The molecule has 0 radical (unpaired) electrons. The number of aromatic amines is 2. The van der Waals surface area contributed by atoms with Crippen molar-refractivity contribution in [2.75, 3.05) is 0 Å². The number of rotatable bonds is 6. The molecular weight excluding hydrogens is 360 g/mol. The first-order chi connectivity index (χ1) is 14.1. The molecule has 3 N–H and O–H groups in total. The Morgan fingerprint density at radius 2 is 1.83 bits per heavy atom. The number of benzene rings is 3. The van der Waals surface area contributed by atoms with E-state index in [1.54, 1.807) is 6.20 Å². The quantitative estimate of drug-likeness (QED) is 0.333. The number of allylic oxidation sites excluding steroid dienone is 3. The molecule has 0 aliphatic carbocycles. The molecule has 1 heterocycles. The van der Waals surface area contributed by atoms with E-state index in [9.17, 15) is 4.79 Å². The number of H-pyrrole nitrogens is 2. The van der Waals surface area contributed by atoms with Crippen molar-refractivity contribution < 1.29 is 0 Å². The molecule has 0 spiro atoms.